The molecule has 2 atom stereocenters. The molecule has 0 radical (unpaired) electrons. The molecule has 0 spiro atoms. The highest BCUT2D eigenvalue weighted by molar-refractivity contribution is 5.82. The Hall–Kier alpha value is -2.21. The predicted octanol–water partition coefficient (Wildman–Crippen LogP) is 2.82. The van der Waals surface area contributed by atoms with E-state index in [9.17, 15) is 9.90 Å². The first-order valence-corrected chi connectivity index (χ1v) is 9.52. The summed E-state index contributed by atoms with van der Waals surface area (Å²) in [7, 11) is 0. The number of nitrogens with zero attached hydrogens (tertiary/aromatic N) is 4. The zero-order chi connectivity index (χ0) is 18.3. The van der Waals surface area contributed by atoms with E-state index in [1.165, 1.54) is 0 Å². The first-order chi connectivity index (χ1) is 12.5. The van der Waals surface area contributed by atoms with Crippen LogP contribution in [0.25, 0.3) is 0 Å². The summed E-state index contributed by atoms with van der Waals surface area (Å²) in [6, 6.07) is 9.01. The van der Waals surface area contributed by atoms with E-state index in [0.717, 1.165) is 30.9 Å². The van der Waals surface area contributed by atoms with E-state index in [1.807, 2.05) is 22.9 Å². The molecule has 26 heavy (non-hydrogen) atoms. The molecule has 1 aromatic heterocycles. The molecule has 6 heteroatoms. The van der Waals surface area contributed by atoms with Crippen molar-refractivity contribution in [2.75, 3.05) is 6.54 Å². The molecule has 1 aliphatic carbocycles. The SMILES string of the molecule is CC(C)C[C@H]1c2nc(C3CC3)nn2CCN1C(=O)[C@H](O)c1ccccc1. The van der Waals surface area contributed by atoms with E-state index in [4.69, 9.17) is 4.98 Å². The summed E-state index contributed by atoms with van der Waals surface area (Å²) in [6.45, 7) is 5.48. The quantitative estimate of drug-likeness (QED) is 0.896. The Kier molecular flexibility index (Phi) is 4.53. The van der Waals surface area contributed by atoms with Crippen LogP contribution in [0.1, 0.15) is 68.4 Å². The van der Waals surface area contributed by atoms with Crippen molar-refractivity contribution in [2.24, 2.45) is 5.92 Å². The lowest BCUT2D eigenvalue weighted by atomic mass is 9.98. The molecule has 0 unspecified atom stereocenters. The number of hydrogen-bond donors (Lipinski definition) is 1. The van der Waals surface area contributed by atoms with E-state index >= 15 is 0 Å². The maximum Gasteiger partial charge on any atom is 0.256 e. The number of aromatic nitrogens is 3. The van der Waals surface area contributed by atoms with Crippen LogP contribution in [0.4, 0.5) is 0 Å². The molecule has 6 nitrogen and oxygen atoms in total. The van der Waals surface area contributed by atoms with Crippen LogP contribution in [0, 0.1) is 5.92 Å². The van der Waals surface area contributed by atoms with Gasteiger partial charge in [-0.25, -0.2) is 9.67 Å². The van der Waals surface area contributed by atoms with Gasteiger partial charge in [0.1, 0.15) is 5.82 Å². The molecule has 2 aromatic rings. The monoisotopic (exact) mass is 354 g/mol. The summed E-state index contributed by atoms with van der Waals surface area (Å²) < 4.78 is 1.97. The second-order valence-corrected chi connectivity index (χ2v) is 7.82. The second kappa shape index (κ2) is 6.83. The molecule has 1 saturated carbocycles. The van der Waals surface area contributed by atoms with Crippen molar-refractivity contribution in [2.45, 2.75) is 57.7 Å². The number of benzene rings is 1. The van der Waals surface area contributed by atoms with Gasteiger partial charge in [-0.1, -0.05) is 44.2 Å². The van der Waals surface area contributed by atoms with Crippen LogP contribution in [0.3, 0.4) is 0 Å². The van der Waals surface area contributed by atoms with Crippen molar-refractivity contribution in [1.29, 1.82) is 0 Å². The molecule has 0 saturated heterocycles. The zero-order valence-electron chi connectivity index (χ0n) is 15.4. The number of carbonyl (C=O) groups excluding carboxylic acids is 1. The lowest BCUT2D eigenvalue weighted by Gasteiger charge is -2.37. The molecule has 1 amide bonds. The fourth-order valence-electron chi connectivity index (χ4n) is 3.67. The third-order valence-electron chi connectivity index (χ3n) is 5.21. The molecule has 2 heterocycles. The fourth-order valence-corrected chi connectivity index (χ4v) is 3.67. The molecule has 2 aliphatic rings. The van der Waals surface area contributed by atoms with Gasteiger partial charge in [0.05, 0.1) is 12.6 Å². The van der Waals surface area contributed by atoms with Gasteiger partial charge in [-0.3, -0.25) is 4.79 Å². The van der Waals surface area contributed by atoms with Gasteiger partial charge in [-0.2, -0.15) is 5.10 Å². The summed E-state index contributed by atoms with van der Waals surface area (Å²) in [5.41, 5.74) is 0.631. The largest absolute Gasteiger partial charge is 0.378 e. The lowest BCUT2D eigenvalue weighted by Crippen LogP contribution is -2.45. The number of aliphatic hydroxyl groups excluding tert-OH is 1. The number of carbonyl (C=O) groups is 1. The predicted molar refractivity (Wildman–Crippen MR) is 97.3 cm³/mol. The average Bonchev–Trinajstić information content (AvgIpc) is 3.40. The number of rotatable bonds is 5. The Morgan fingerprint density at radius 1 is 1.23 bits per heavy atom. The molecule has 1 aromatic carbocycles. The molecule has 4 rings (SSSR count). The third-order valence-corrected chi connectivity index (χ3v) is 5.21. The summed E-state index contributed by atoms with van der Waals surface area (Å²) in [4.78, 5) is 19.7. The molecule has 1 aliphatic heterocycles. The van der Waals surface area contributed by atoms with E-state index in [0.29, 0.717) is 30.5 Å². The van der Waals surface area contributed by atoms with Gasteiger partial charge in [0.25, 0.3) is 5.91 Å². The topological polar surface area (TPSA) is 71.2 Å². The Morgan fingerprint density at radius 2 is 1.96 bits per heavy atom. The van der Waals surface area contributed by atoms with Crippen LogP contribution in [0.5, 0.6) is 0 Å². The maximum absolute atomic E-state index is 13.1. The molecule has 138 valence electrons. The van der Waals surface area contributed by atoms with Crippen LogP contribution in [0.15, 0.2) is 30.3 Å². The Balaban J connectivity index is 1.62. The number of fused-ring (bicyclic) bond motifs is 1. The second-order valence-electron chi connectivity index (χ2n) is 7.82. The van der Waals surface area contributed by atoms with Crippen LogP contribution in [0.2, 0.25) is 0 Å². The van der Waals surface area contributed by atoms with Gasteiger partial charge in [-0.15, -0.1) is 0 Å². The fraction of sp³-hybridized carbons (Fsp3) is 0.550. The van der Waals surface area contributed by atoms with E-state index < -0.39 is 6.10 Å². The highest BCUT2D eigenvalue weighted by Gasteiger charge is 2.38. The minimum Gasteiger partial charge on any atom is -0.378 e. The summed E-state index contributed by atoms with van der Waals surface area (Å²) in [6.07, 6.45) is 2.00. The van der Waals surface area contributed by atoms with E-state index in [-0.39, 0.29) is 11.9 Å². The number of amides is 1. The van der Waals surface area contributed by atoms with E-state index in [1.54, 1.807) is 17.0 Å². The van der Waals surface area contributed by atoms with Crippen molar-refractivity contribution in [3.05, 3.63) is 47.5 Å². The maximum atomic E-state index is 13.1. The standard InChI is InChI=1S/C20H26N4O2/c1-13(2)12-16-19-21-18(15-8-9-15)22-24(19)11-10-23(16)20(26)17(25)14-6-4-3-5-7-14/h3-7,13,15-17,25H,8-12H2,1-2H3/t16-,17+/m0/s1. The summed E-state index contributed by atoms with van der Waals surface area (Å²) in [5, 5.41) is 15.3. The van der Waals surface area contributed by atoms with Crippen LogP contribution in [-0.4, -0.2) is 37.2 Å². The first-order valence-electron chi connectivity index (χ1n) is 9.52. The van der Waals surface area contributed by atoms with E-state index in [2.05, 4.69) is 18.9 Å². The minimum absolute atomic E-state index is 0.130. The van der Waals surface area contributed by atoms with Crippen molar-refractivity contribution in [3.8, 4) is 0 Å². The third kappa shape index (κ3) is 3.26. The zero-order valence-corrected chi connectivity index (χ0v) is 15.4. The van der Waals surface area contributed by atoms with Gasteiger partial charge >= 0.3 is 0 Å². The van der Waals surface area contributed by atoms with Crippen LogP contribution >= 0.6 is 0 Å². The average molecular weight is 354 g/mol. The summed E-state index contributed by atoms with van der Waals surface area (Å²) in [5.74, 6) is 2.46. The first kappa shape index (κ1) is 17.2. The van der Waals surface area contributed by atoms with Gasteiger partial charge < -0.3 is 10.0 Å². The van der Waals surface area contributed by atoms with Crippen molar-refractivity contribution in [1.82, 2.24) is 19.7 Å². The Morgan fingerprint density at radius 3 is 2.62 bits per heavy atom. The van der Waals surface area contributed by atoms with Crippen LogP contribution < -0.4 is 0 Å². The molecule has 1 fully saturated rings. The Labute approximate surface area is 153 Å². The number of aliphatic hydroxyl groups is 1. The summed E-state index contributed by atoms with van der Waals surface area (Å²) >= 11 is 0. The molecular weight excluding hydrogens is 328 g/mol. The highest BCUT2D eigenvalue weighted by atomic mass is 16.3. The van der Waals surface area contributed by atoms with Gasteiger partial charge in [0.15, 0.2) is 11.9 Å². The van der Waals surface area contributed by atoms with Crippen molar-refractivity contribution >= 4 is 5.91 Å². The van der Waals surface area contributed by atoms with Gasteiger partial charge in [0.2, 0.25) is 0 Å². The van der Waals surface area contributed by atoms with Crippen molar-refractivity contribution in [3.63, 3.8) is 0 Å². The smallest absolute Gasteiger partial charge is 0.256 e. The highest BCUT2D eigenvalue weighted by Crippen LogP contribution is 2.40. The molecule has 0 bridgehead atoms. The minimum atomic E-state index is -1.14. The van der Waals surface area contributed by atoms with Gasteiger partial charge in [0, 0.05) is 12.5 Å². The Bertz CT molecular complexity index is 782. The normalized spacial score (nSPS) is 20.9. The lowest BCUT2D eigenvalue weighted by molar-refractivity contribution is -0.145. The number of hydrogen-bond acceptors (Lipinski definition) is 4. The molecule has 1 N–H and O–H groups in total. The van der Waals surface area contributed by atoms with Gasteiger partial charge in [-0.05, 0) is 30.7 Å². The molecular formula is C20H26N4O2. The van der Waals surface area contributed by atoms with Crippen molar-refractivity contribution < 1.29 is 9.90 Å². The van der Waals surface area contributed by atoms with Crippen LogP contribution in [-0.2, 0) is 11.3 Å².